The molecule has 0 aromatic carbocycles. The van der Waals surface area contributed by atoms with Gasteiger partial charge in [0.2, 0.25) is 0 Å². The maximum Gasteiger partial charge on any atom is 0.307 e. The number of rotatable bonds is 7. The number of esters is 1. The van der Waals surface area contributed by atoms with Gasteiger partial charge < -0.3 is 13.9 Å². The van der Waals surface area contributed by atoms with Crippen LogP contribution in [0.25, 0.3) is 0 Å². The summed E-state index contributed by atoms with van der Waals surface area (Å²) >= 11 is 0. The van der Waals surface area contributed by atoms with Gasteiger partial charge in [-0.05, 0) is 19.6 Å². The van der Waals surface area contributed by atoms with Crippen LogP contribution in [0.15, 0.2) is 0 Å². The lowest BCUT2D eigenvalue weighted by Crippen LogP contribution is -2.27. The molecular formula is C9H20O4Si. The van der Waals surface area contributed by atoms with Gasteiger partial charge in [0, 0.05) is 0 Å². The predicted octanol–water partition coefficient (Wildman–Crippen LogP) is 1.42. The summed E-state index contributed by atoms with van der Waals surface area (Å²) in [7, 11) is -0.0461. The molecule has 0 radical (unpaired) electrons. The molecule has 0 aliphatic rings. The second-order valence-electron chi connectivity index (χ2n) is 3.90. The summed E-state index contributed by atoms with van der Waals surface area (Å²) in [5.74, 6) is -0.240. The zero-order chi connectivity index (χ0) is 11.0. The molecule has 0 atom stereocenters. The molecule has 0 aliphatic heterocycles. The first-order valence-electron chi connectivity index (χ1n) is 4.74. The molecule has 0 saturated heterocycles. The molecule has 0 fully saturated rings. The fraction of sp³-hybridized carbons (Fsp3) is 0.889. The number of carbonyl (C=O) groups excluding carboxylic acids is 1. The average Bonchev–Trinajstić information content (AvgIpc) is 2.08. The molecule has 0 aromatic rings. The Kier molecular flexibility index (Phi) is 6.78. The summed E-state index contributed by atoms with van der Waals surface area (Å²) in [4.78, 5) is 10.7. The van der Waals surface area contributed by atoms with Gasteiger partial charge in [-0.2, -0.15) is 0 Å². The van der Waals surface area contributed by atoms with Crippen LogP contribution >= 0.6 is 0 Å². The Morgan fingerprint density at radius 1 is 1.14 bits per heavy atom. The minimum Gasteiger partial charge on any atom is -0.469 e. The van der Waals surface area contributed by atoms with Gasteiger partial charge in [0.1, 0.15) is 0 Å². The topological polar surface area (TPSA) is 44.8 Å². The summed E-state index contributed by atoms with van der Waals surface area (Å²) in [6.07, 6.45) is 0.309. The van der Waals surface area contributed by atoms with Gasteiger partial charge in [-0.15, -0.1) is 0 Å². The average molecular weight is 220 g/mol. The zero-order valence-corrected chi connectivity index (χ0v) is 10.5. The number of methoxy groups -OCH3 is 1. The number of carbonyl (C=O) groups is 1. The van der Waals surface area contributed by atoms with Crippen molar-refractivity contribution in [3.63, 3.8) is 0 Å². The van der Waals surface area contributed by atoms with E-state index >= 15 is 0 Å². The van der Waals surface area contributed by atoms with Gasteiger partial charge in [-0.25, -0.2) is 0 Å². The van der Waals surface area contributed by atoms with E-state index in [1.165, 1.54) is 7.11 Å². The van der Waals surface area contributed by atoms with Gasteiger partial charge in [0.05, 0.1) is 33.4 Å². The van der Waals surface area contributed by atoms with Crippen LogP contribution in [-0.4, -0.2) is 41.2 Å². The molecule has 0 aliphatic carbocycles. The molecule has 0 saturated carbocycles. The second kappa shape index (κ2) is 6.97. The van der Waals surface area contributed by atoms with Gasteiger partial charge in [-0.3, -0.25) is 4.79 Å². The van der Waals surface area contributed by atoms with E-state index in [-0.39, 0.29) is 5.97 Å². The lowest BCUT2D eigenvalue weighted by molar-refractivity contribution is -0.141. The van der Waals surface area contributed by atoms with Crippen LogP contribution in [-0.2, 0) is 18.7 Å². The Bertz CT molecular complexity index is 165. The molecule has 5 heteroatoms. The van der Waals surface area contributed by atoms with Gasteiger partial charge in [-0.1, -0.05) is 0 Å². The van der Waals surface area contributed by atoms with E-state index in [1.54, 1.807) is 0 Å². The van der Waals surface area contributed by atoms with E-state index in [1.807, 2.05) is 0 Å². The van der Waals surface area contributed by atoms with Crippen molar-refractivity contribution in [2.24, 2.45) is 0 Å². The summed E-state index contributed by atoms with van der Waals surface area (Å²) < 4.78 is 15.2. The second-order valence-corrected chi connectivity index (χ2v) is 8.41. The highest BCUT2D eigenvalue weighted by Gasteiger charge is 2.13. The highest BCUT2D eigenvalue weighted by molar-refractivity contribution is 6.69. The first-order chi connectivity index (χ1) is 6.45. The van der Waals surface area contributed by atoms with E-state index in [4.69, 9.17) is 9.16 Å². The van der Waals surface area contributed by atoms with Crippen LogP contribution in [0.2, 0.25) is 19.6 Å². The largest absolute Gasteiger partial charge is 0.469 e. The molecule has 0 unspecified atom stereocenters. The Morgan fingerprint density at radius 2 is 1.79 bits per heavy atom. The molecule has 0 heterocycles. The predicted molar refractivity (Wildman–Crippen MR) is 56.8 cm³/mol. The summed E-state index contributed by atoms with van der Waals surface area (Å²) in [5.41, 5.74) is 0. The molecular weight excluding hydrogens is 200 g/mol. The fourth-order valence-electron chi connectivity index (χ4n) is 0.766. The number of hydrogen-bond donors (Lipinski definition) is 0. The molecule has 14 heavy (non-hydrogen) atoms. The standard InChI is InChI=1S/C9H20O4Si/c1-11-9(10)5-6-12-7-8-13-14(2,3)4/h5-8H2,1-4H3. The van der Waals surface area contributed by atoms with Crippen molar-refractivity contribution >= 4 is 14.3 Å². The van der Waals surface area contributed by atoms with Crippen LogP contribution in [0.3, 0.4) is 0 Å². The van der Waals surface area contributed by atoms with E-state index in [9.17, 15) is 4.79 Å². The SMILES string of the molecule is COC(=O)CCOCCO[Si](C)(C)C. The molecule has 84 valence electrons. The van der Waals surface area contributed by atoms with Crippen molar-refractivity contribution in [2.75, 3.05) is 26.9 Å². The maximum absolute atomic E-state index is 10.7. The molecule has 4 nitrogen and oxygen atoms in total. The van der Waals surface area contributed by atoms with E-state index in [0.717, 1.165) is 0 Å². The number of hydrogen-bond acceptors (Lipinski definition) is 4. The van der Waals surface area contributed by atoms with Crippen LogP contribution < -0.4 is 0 Å². The maximum atomic E-state index is 10.7. The zero-order valence-electron chi connectivity index (χ0n) is 9.46. The monoisotopic (exact) mass is 220 g/mol. The van der Waals surface area contributed by atoms with Crippen molar-refractivity contribution < 1.29 is 18.7 Å². The highest BCUT2D eigenvalue weighted by atomic mass is 28.4. The lowest BCUT2D eigenvalue weighted by Gasteiger charge is -2.16. The molecule has 0 N–H and O–H groups in total. The molecule has 0 spiro atoms. The van der Waals surface area contributed by atoms with Crippen molar-refractivity contribution in [3.8, 4) is 0 Å². The summed E-state index contributed by atoms with van der Waals surface area (Å²) in [6.45, 7) is 7.93. The first-order valence-corrected chi connectivity index (χ1v) is 8.15. The highest BCUT2D eigenvalue weighted by Crippen LogP contribution is 2.01. The third-order valence-corrected chi connectivity index (χ3v) is 2.51. The number of ether oxygens (including phenoxy) is 2. The van der Waals surface area contributed by atoms with Crippen molar-refractivity contribution in [1.82, 2.24) is 0 Å². The van der Waals surface area contributed by atoms with Gasteiger partial charge in [0.25, 0.3) is 0 Å². The lowest BCUT2D eigenvalue weighted by atomic mass is 10.5. The van der Waals surface area contributed by atoms with Crippen LogP contribution in [0.5, 0.6) is 0 Å². The summed E-state index contributed by atoms with van der Waals surface area (Å²) in [5, 5.41) is 0. The molecule has 0 rings (SSSR count). The first kappa shape index (κ1) is 13.6. The normalized spacial score (nSPS) is 11.4. The minimum absolute atomic E-state index is 0.240. The quantitative estimate of drug-likeness (QED) is 0.370. The van der Waals surface area contributed by atoms with E-state index < -0.39 is 8.32 Å². The Hall–Kier alpha value is -0.393. The van der Waals surface area contributed by atoms with Crippen molar-refractivity contribution in [1.29, 1.82) is 0 Å². The molecule has 0 bridgehead atoms. The van der Waals surface area contributed by atoms with E-state index in [0.29, 0.717) is 26.2 Å². The van der Waals surface area contributed by atoms with Crippen LogP contribution in [0.1, 0.15) is 6.42 Å². The Morgan fingerprint density at radius 3 is 2.29 bits per heavy atom. The Labute approximate surface area is 86.7 Å². The molecule has 0 aromatic heterocycles. The molecule has 0 amide bonds. The smallest absolute Gasteiger partial charge is 0.307 e. The van der Waals surface area contributed by atoms with Crippen LogP contribution in [0.4, 0.5) is 0 Å². The Balaban J connectivity index is 3.18. The third-order valence-electron chi connectivity index (χ3n) is 1.44. The van der Waals surface area contributed by atoms with Crippen molar-refractivity contribution in [3.05, 3.63) is 0 Å². The van der Waals surface area contributed by atoms with Gasteiger partial charge >= 0.3 is 5.97 Å². The van der Waals surface area contributed by atoms with E-state index in [2.05, 4.69) is 24.4 Å². The van der Waals surface area contributed by atoms with Gasteiger partial charge in [0.15, 0.2) is 8.32 Å². The third kappa shape index (κ3) is 9.69. The fourth-order valence-corrected chi connectivity index (χ4v) is 1.46. The minimum atomic E-state index is -1.42. The summed E-state index contributed by atoms with van der Waals surface area (Å²) in [6, 6.07) is 0. The van der Waals surface area contributed by atoms with Crippen LogP contribution in [0, 0.1) is 0 Å². The van der Waals surface area contributed by atoms with Crippen molar-refractivity contribution in [2.45, 2.75) is 26.1 Å².